The number of fused-ring (bicyclic) bond motifs is 12. The van der Waals surface area contributed by atoms with E-state index in [1.54, 1.807) is 0 Å². The van der Waals surface area contributed by atoms with Crippen LogP contribution in [0.25, 0.3) is 133 Å². The molecular weight excluding hydrogens is 879 g/mol. The molecule has 6 heteroatoms. The summed E-state index contributed by atoms with van der Waals surface area (Å²) in [5, 5.41) is 7.11. The highest BCUT2D eigenvalue weighted by Crippen LogP contribution is 2.52. The van der Waals surface area contributed by atoms with Gasteiger partial charge in [-0.15, -0.1) is 0 Å². The molecule has 15 rings (SSSR count). The highest BCUT2D eigenvalue weighted by Gasteiger charge is 2.37. The van der Waals surface area contributed by atoms with E-state index >= 15 is 0 Å². The Labute approximate surface area is 414 Å². The van der Waals surface area contributed by atoms with Crippen molar-refractivity contribution in [2.45, 2.75) is 19.3 Å². The van der Waals surface area contributed by atoms with Crippen molar-refractivity contribution in [1.82, 2.24) is 24.1 Å². The van der Waals surface area contributed by atoms with Crippen LogP contribution in [0.15, 0.2) is 229 Å². The van der Waals surface area contributed by atoms with Crippen LogP contribution in [-0.4, -0.2) is 24.1 Å². The maximum Gasteiger partial charge on any atom is 0.164 e. The predicted molar refractivity (Wildman–Crippen MR) is 295 cm³/mol. The Hall–Kier alpha value is -9.39. The Morgan fingerprint density at radius 2 is 0.861 bits per heavy atom. The van der Waals surface area contributed by atoms with Gasteiger partial charge in [0.1, 0.15) is 11.2 Å². The SMILES string of the molecule is CC1(C)c2ccc(-c3ccc4c5cc6c(cc5n(-c5ccccc5)c4c3)oc3ccccc36)cc2-c2cc3c4ccccc4n(-c4cccc(-c5nc(-c6ccccc6)nc(-c6ccccc6)n5)c4)c3cc21. The van der Waals surface area contributed by atoms with Gasteiger partial charge in [0, 0.05) is 71.9 Å². The molecule has 14 aromatic rings. The third-order valence-corrected chi connectivity index (χ3v) is 15.1. The predicted octanol–water partition coefficient (Wildman–Crippen LogP) is 16.9. The summed E-state index contributed by atoms with van der Waals surface area (Å²) in [5.74, 6) is 1.91. The van der Waals surface area contributed by atoms with Gasteiger partial charge in [-0.25, -0.2) is 15.0 Å². The number of furan rings is 1. The van der Waals surface area contributed by atoms with Crippen molar-refractivity contribution in [3.05, 3.63) is 236 Å². The van der Waals surface area contributed by atoms with E-state index in [2.05, 4.69) is 181 Å². The number of para-hydroxylation sites is 3. The molecule has 0 saturated heterocycles. The first-order chi connectivity index (χ1) is 35.4. The van der Waals surface area contributed by atoms with E-state index in [0.717, 1.165) is 72.1 Å². The quantitative estimate of drug-likeness (QED) is 0.167. The number of aromatic nitrogens is 5. The number of hydrogen-bond donors (Lipinski definition) is 0. The lowest BCUT2D eigenvalue weighted by atomic mass is 9.82. The molecule has 0 unspecified atom stereocenters. The van der Waals surface area contributed by atoms with Crippen molar-refractivity contribution in [3.8, 4) is 67.8 Å². The van der Waals surface area contributed by atoms with Crippen LogP contribution in [0.5, 0.6) is 0 Å². The Balaban J connectivity index is 0.872. The molecule has 10 aromatic carbocycles. The Morgan fingerprint density at radius 1 is 0.319 bits per heavy atom. The molecule has 0 aliphatic heterocycles. The van der Waals surface area contributed by atoms with Crippen molar-refractivity contribution < 1.29 is 4.42 Å². The van der Waals surface area contributed by atoms with Gasteiger partial charge in [-0.2, -0.15) is 0 Å². The monoisotopic (exact) mass is 921 g/mol. The Morgan fingerprint density at radius 3 is 1.62 bits per heavy atom. The van der Waals surface area contributed by atoms with Crippen LogP contribution in [0.2, 0.25) is 0 Å². The zero-order chi connectivity index (χ0) is 47.7. The fourth-order valence-electron chi connectivity index (χ4n) is 11.7. The van der Waals surface area contributed by atoms with Gasteiger partial charge in [-0.3, -0.25) is 0 Å². The molecule has 72 heavy (non-hydrogen) atoms. The first kappa shape index (κ1) is 40.5. The van der Waals surface area contributed by atoms with Crippen LogP contribution >= 0.6 is 0 Å². The smallest absolute Gasteiger partial charge is 0.164 e. The van der Waals surface area contributed by atoms with Crippen molar-refractivity contribution in [2.75, 3.05) is 0 Å². The minimum Gasteiger partial charge on any atom is -0.456 e. The van der Waals surface area contributed by atoms with Gasteiger partial charge >= 0.3 is 0 Å². The van der Waals surface area contributed by atoms with Gasteiger partial charge in [0.2, 0.25) is 0 Å². The first-order valence-corrected chi connectivity index (χ1v) is 24.6. The Kier molecular flexibility index (Phi) is 8.61. The highest BCUT2D eigenvalue weighted by atomic mass is 16.3. The summed E-state index contributed by atoms with van der Waals surface area (Å²) < 4.78 is 11.2. The molecule has 0 atom stereocenters. The summed E-state index contributed by atoms with van der Waals surface area (Å²) in [7, 11) is 0. The summed E-state index contributed by atoms with van der Waals surface area (Å²) >= 11 is 0. The van der Waals surface area contributed by atoms with Crippen molar-refractivity contribution in [3.63, 3.8) is 0 Å². The molecule has 0 radical (unpaired) electrons. The average Bonchev–Trinajstić information content (AvgIpc) is 4.14. The zero-order valence-electron chi connectivity index (χ0n) is 39.5. The van der Waals surface area contributed by atoms with Gasteiger partial charge in [-0.1, -0.05) is 166 Å². The van der Waals surface area contributed by atoms with Gasteiger partial charge < -0.3 is 13.6 Å². The third kappa shape index (κ3) is 6.05. The maximum atomic E-state index is 6.44. The van der Waals surface area contributed by atoms with E-state index in [9.17, 15) is 0 Å². The summed E-state index contributed by atoms with van der Waals surface area (Å²) in [4.78, 5) is 15.1. The van der Waals surface area contributed by atoms with E-state index in [4.69, 9.17) is 19.4 Å². The van der Waals surface area contributed by atoms with E-state index in [-0.39, 0.29) is 5.41 Å². The molecule has 4 aromatic heterocycles. The van der Waals surface area contributed by atoms with Crippen LogP contribution in [0.4, 0.5) is 0 Å². The van der Waals surface area contributed by atoms with E-state index < -0.39 is 0 Å². The number of benzene rings is 10. The second-order valence-electron chi connectivity index (χ2n) is 19.6. The van der Waals surface area contributed by atoms with Crippen LogP contribution in [0, 0.1) is 0 Å². The number of nitrogens with zero attached hydrogens (tertiary/aromatic N) is 5. The highest BCUT2D eigenvalue weighted by molar-refractivity contribution is 6.18. The molecule has 0 amide bonds. The lowest BCUT2D eigenvalue weighted by Crippen LogP contribution is -2.15. The molecule has 0 saturated carbocycles. The zero-order valence-corrected chi connectivity index (χ0v) is 39.5. The van der Waals surface area contributed by atoms with Crippen LogP contribution in [0.1, 0.15) is 25.0 Å². The molecule has 0 fully saturated rings. The van der Waals surface area contributed by atoms with Crippen molar-refractivity contribution in [1.29, 1.82) is 0 Å². The lowest BCUT2D eigenvalue weighted by Gasteiger charge is -2.22. The lowest BCUT2D eigenvalue weighted by molar-refractivity contribution is 0.661. The molecule has 0 spiro atoms. The summed E-state index contributed by atoms with van der Waals surface area (Å²) in [6.07, 6.45) is 0. The second kappa shape index (κ2) is 15.3. The minimum absolute atomic E-state index is 0.238. The van der Waals surface area contributed by atoms with Crippen LogP contribution in [-0.2, 0) is 5.41 Å². The van der Waals surface area contributed by atoms with Crippen LogP contribution in [0.3, 0.4) is 0 Å². The average molecular weight is 922 g/mol. The van der Waals surface area contributed by atoms with Gasteiger partial charge in [0.15, 0.2) is 17.5 Å². The van der Waals surface area contributed by atoms with E-state index in [1.807, 2.05) is 66.7 Å². The first-order valence-electron chi connectivity index (χ1n) is 24.6. The largest absolute Gasteiger partial charge is 0.456 e. The fraction of sp³-hybridized carbons (Fsp3) is 0.0455. The third-order valence-electron chi connectivity index (χ3n) is 15.1. The van der Waals surface area contributed by atoms with E-state index in [1.165, 1.54) is 54.9 Å². The van der Waals surface area contributed by atoms with Crippen molar-refractivity contribution in [2.24, 2.45) is 0 Å². The number of hydrogen-bond acceptors (Lipinski definition) is 4. The molecule has 1 aliphatic carbocycles. The summed E-state index contributed by atoms with van der Waals surface area (Å²) in [6, 6.07) is 80.2. The normalized spacial score (nSPS) is 13.0. The van der Waals surface area contributed by atoms with E-state index in [0.29, 0.717) is 17.5 Å². The van der Waals surface area contributed by atoms with Gasteiger partial charge in [0.25, 0.3) is 0 Å². The van der Waals surface area contributed by atoms with Crippen molar-refractivity contribution >= 4 is 65.6 Å². The topological polar surface area (TPSA) is 61.7 Å². The molecule has 4 heterocycles. The summed E-state index contributed by atoms with van der Waals surface area (Å²) in [6.45, 7) is 4.74. The minimum atomic E-state index is -0.238. The fourth-order valence-corrected chi connectivity index (χ4v) is 11.7. The molecule has 1 aliphatic rings. The molecule has 0 N–H and O–H groups in total. The number of rotatable bonds is 6. The molecule has 6 nitrogen and oxygen atoms in total. The van der Waals surface area contributed by atoms with Gasteiger partial charge in [-0.05, 0) is 100 Å². The maximum absolute atomic E-state index is 6.44. The summed E-state index contributed by atoms with van der Waals surface area (Å²) in [5.41, 5.74) is 18.7. The second-order valence-corrected chi connectivity index (χ2v) is 19.6. The molecule has 338 valence electrons. The van der Waals surface area contributed by atoms with Crippen LogP contribution < -0.4 is 0 Å². The standard InChI is InChI=1S/C66H43N5O/c1-66(2)55-32-30-42(43-29-31-48-53-37-54-49-26-13-15-28-61(49)72-62(54)39-60(53)70(58(48)35-43)45-22-10-5-11-23-45)34-50(55)51-36-52-47-25-12-14-27-57(47)71(59(52)38-56(51)66)46-24-16-21-44(33-46)65-68-63(40-17-6-3-7-18-40)67-64(69-65)41-19-8-4-9-20-41/h3-39H,1-2H3. The molecule has 0 bridgehead atoms. The Bertz CT molecular complexity index is 4470. The van der Waals surface area contributed by atoms with Gasteiger partial charge in [0.05, 0.1) is 22.1 Å². The molecular formula is C66H43N5O.